The molecule has 0 amide bonds. The van der Waals surface area contributed by atoms with Crippen LogP contribution in [0.4, 0.5) is 4.39 Å². The summed E-state index contributed by atoms with van der Waals surface area (Å²) < 4.78 is 18.5. The van der Waals surface area contributed by atoms with E-state index < -0.39 is 0 Å². The van der Waals surface area contributed by atoms with Crippen LogP contribution in [-0.4, -0.2) is 38.8 Å². The lowest BCUT2D eigenvalue weighted by molar-refractivity contribution is -0.874. The zero-order valence-electron chi connectivity index (χ0n) is 14.9. The minimum absolute atomic E-state index is 0.0393. The number of carbonyl (C=O) groups is 2. The Morgan fingerprint density at radius 1 is 1.08 bits per heavy atom. The number of quaternary nitrogens is 1. The molecule has 25 heavy (non-hydrogen) atoms. The van der Waals surface area contributed by atoms with Crippen molar-refractivity contribution in [2.24, 2.45) is 0 Å². The van der Waals surface area contributed by atoms with Crippen molar-refractivity contribution in [3.05, 3.63) is 65.0 Å². The molecule has 2 rings (SSSR count). The molecule has 0 saturated heterocycles. The molecule has 2 aromatic rings. The minimum atomic E-state index is -0.374. The molecule has 5 heteroatoms. The Bertz CT molecular complexity index is 769. The molecule has 0 saturated carbocycles. The SMILES string of the molecule is COc1ccc(C(C)=O)cc1C[C@@H](C(=O)c1ccc(F)cc1)[NH+](C)C. The van der Waals surface area contributed by atoms with Gasteiger partial charge in [0.2, 0.25) is 5.78 Å². The maximum absolute atomic E-state index is 13.1. The third kappa shape index (κ3) is 4.51. The number of ether oxygens (including phenoxy) is 1. The van der Waals surface area contributed by atoms with Gasteiger partial charge in [0, 0.05) is 23.1 Å². The first kappa shape index (κ1) is 18.8. The lowest BCUT2D eigenvalue weighted by atomic mass is 9.95. The van der Waals surface area contributed by atoms with Crippen LogP contribution in [0.1, 0.15) is 33.2 Å². The number of carbonyl (C=O) groups excluding carboxylic acids is 2. The van der Waals surface area contributed by atoms with E-state index in [9.17, 15) is 14.0 Å². The van der Waals surface area contributed by atoms with Gasteiger partial charge in [0.15, 0.2) is 11.8 Å². The Morgan fingerprint density at radius 3 is 2.20 bits per heavy atom. The molecule has 4 nitrogen and oxygen atoms in total. The largest absolute Gasteiger partial charge is 0.496 e. The van der Waals surface area contributed by atoms with E-state index in [-0.39, 0.29) is 23.4 Å². The summed E-state index contributed by atoms with van der Waals surface area (Å²) in [5.74, 6) is 0.155. The fourth-order valence-corrected chi connectivity index (χ4v) is 2.75. The summed E-state index contributed by atoms with van der Waals surface area (Å²) in [6, 6.07) is 10.4. The molecule has 132 valence electrons. The average molecular weight is 344 g/mol. The number of benzene rings is 2. The number of hydrogen-bond acceptors (Lipinski definition) is 3. The molecule has 0 aromatic heterocycles. The van der Waals surface area contributed by atoms with Crippen LogP contribution >= 0.6 is 0 Å². The third-order valence-corrected chi connectivity index (χ3v) is 4.25. The van der Waals surface area contributed by atoms with Gasteiger partial charge < -0.3 is 9.64 Å². The minimum Gasteiger partial charge on any atom is -0.496 e. The molecule has 0 spiro atoms. The van der Waals surface area contributed by atoms with E-state index in [1.54, 1.807) is 25.3 Å². The lowest BCUT2D eigenvalue weighted by Gasteiger charge is -2.21. The zero-order chi connectivity index (χ0) is 18.6. The highest BCUT2D eigenvalue weighted by Crippen LogP contribution is 2.22. The van der Waals surface area contributed by atoms with Gasteiger partial charge >= 0.3 is 0 Å². The summed E-state index contributed by atoms with van der Waals surface area (Å²) >= 11 is 0. The number of ketones is 2. The van der Waals surface area contributed by atoms with Crippen molar-refractivity contribution in [1.82, 2.24) is 0 Å². The third-order valence-electron chi connectivity index (χ3n) is 4.25. The summed E-state index contributed by atoms with van der Waals surface area (Å²) in [5.41, 5.74) is 1.85. The quantitative estimate of drug-likeness (QED) is 0.782. The number of nitrogens with one attached hydrogen (secondary N) is 1. The fourth-order valence-electron chi connectivity index (χ4n) is 2.75. The van der Waals surface area contributed by atoms with Crippen molar-refractivity contribution in [3.8, 4) is 5.75 Å². The molecule has 0 fully saturated rings. The van der Waals surface area contributed by atoms with Crippen molar-refractivity contribution < 1.29 is 23.6 Å². The van der Waals surface area contributed by atoms with Crippen LogP contribution in [0.15, 0.2) is 42.5 Å². The van der Waals surface area contributed by atoms with E-state index in [0.29, 0.717) is 23.3 Å². The topological polar surface area (TPSA) is 47.8 Å². The molecule has 0 unspecified atom stereocenters. The monoisotopic (exact) mass is 344 g/mol. The van der Waals surface area contributed by atoms with E-state index in [0.717, 1.165) is 10.5 Å². The summed E-state index contributed by atoms with van der Waals surface area (Å²) in [4.78, 5) is 25.5. The van der Waals surface area contributed by atoms with Crippen LogP contribution in [0.2, 0.25) is 0 Å². The number of rotatable bonds is 7. The molecule has 0 aliphatic heterocycles. The summed E-state index contributed by atoms with van der Waals surface area (Å²) in [6.45, 7) is 1.50. The highest BCUT2D eigenvalue weighted by molar-refractivity contribution is 5.99. The Hall–Kier alpha value is -2.53. The second-order valence-corrected chi connectivity index (χ2v) is 6.29. The van der Waals surface area contributed by atoms with E-state index in [1.165, 1.54) is 31.2 Å². The Kier molecular flexibility index (Phi) is 6.04. The average Bonchev–Trinajstić information content (AvgIpc) is 2.59. The van der Waals surface area contributed by atoms with Crippen LogP contribution in [0, 0.1) is 5.82 Å². The Labute approximate surface area is 147 Å². The van der Waals surface area contributed by atoms with E-state index in [1.807, 2.05) is 14.1 Å². The van der Waals surface area contributed by atoms with E-state index in [4.69, 9.17) is 4.74 Å². The first-order valence-corrected chi connectivity index (χ1v) is 8.11. The summed E-state index contributed by atoms with van der Waals surface area (Å²) in [5, 5.41) is 0. The number of methoxy groups -OCH3 is 1. The highest BCUT2D eigenvalue weighted by atomic mass is 19.1. The molecule has 1 atom stereocenters. The molecule has 0 bridgehead atoms. The van der Waals surface area contributed by atoms with Gasteiger partial charge in [0.05, 0.1) is 21.2 Å². The van der Waals surface area contributed by atoms with Crippen molar-refractivity contribution in [2.75, 3.05) is 21.2 Å². The van der Waals surface area contributed by atoms with Crippen molar-refractivity contribution >= 4 is 11.6 Å². The zero-order valence-corrected chi connectivity index (χ0v) is 14.9. The molecular formula is C20H23FNO3+. The second-order valence-electron chi connectivity index (χ2n) is 6.29. The molecule has 0 heterocycles. The van der Waals surface area contributed by atoms with Crippen LogP contribution in [0.3, 0.4) is 0 Å². The van der Waals surface area contributed by atoms with Gasteiger partial charge in [-0.25, -0.2) is 4.39 Å². The van der Waals surface area contributed by atoms with Gasteiger partial charge in [-0.05, 0) is 49.4 Å². The predicted molar refractivity (Wildman–Crippen MR) is 94.0 cm³/mol. The first-order valence-electron chi connectivity index (χ1n) is 8.11. The van der Waals surface area contributed by atoms with Crippen molar-refractivity contribution in [2.45, 2.75) is 19.4 Å². The van der Waals surface area contributed by atoms with E-state index >= 15 is 0 Å². The van der Waals surface area contributed by atoms with Gasteiger partial charge in [0.1, 0.15) is 11.6 Å². The van der Waals surface area contributed by atoms with Crippen LogP contribution in [0.25, 0.3) is 0 Å². The molecule has 1 N–H and O–H groups in total. The maximum Gasteiger partial charge on any atom is 0.220 e. The normalized spacial score (nSPS) is 12.1. The van der Waals surface area contributed by atoms with Gasteiger partial charge in [-0.1, -0.05) is 0 Å². The summed E-state index contributed by atoms with van der Waals surface area (Å²) in [6.07, 6.45) is 0.419. The first-order chi connectivity index (χ1) is 11.8. The van der Waals surface area contributed by atoms with Gasteiger partial charge in [-0.2, -0.15) is 0 Å². The van der Waals surface area contributed by atoms with Gasteiger partial charge in [-0.3, -0.25) is 9.59 Å². The Morgan fingerprint density at radius 2 is 1.68 bits per heavy atom. The molecule has 0 aliphatic rings. The fraction of sp³-hybridized carbons (Fsp3) is 0.300. The number of likely N-dealkylation sites (N-methyl/N-ethyl adjacent to an activating group) is 1. The van der Waals surface area contributed by atoms with Crippen LogP contribution in [0.5, 0.6) is 5.75 Å². The number of Topliss-reactive ketones (excluding diaryl/α,β-unsaturated/α-hetero) is 2. The van der Waals surface area contributed by atoms with Crippen molar-refractivity contribution in [1.29, 1.82) is 0 Å². The highest BCUT2D eigenvalue weighted by Gasteiger charge is 2.27. The van der Waals surface area contributed by atoms with E-state index in [2.05, 4.69) is 0 Å². The predicted octanol–water partition coefficient (Wildman–Crippen LogP) is 1.98. The molecule has 2 aromatic carbocycles. The standard InChI is InChI=1S/C20H22FNO3/c1-13(23)15-7-10-19(25-4)16(11-15)12-18(22(2)3)20(24)14-5-8-17(21)9-6-14/h5-11,18H,12H2,1-4H3/p+1/t18-/m0/s1. The molecule has 0 radical (unpaired) electrons. The van der Waals surface area contributed by atoms with Gasteiger partial charge in [0.25, 0.3) is 0 Å². The lowest BCUT2D eigenvalue weighted by Crippen LogP contribution is -3.11. The smallest absolute Gasteiger partial charge is 0.220 e. The molecule has 0 aliphatic carbocycles. The van der Waals surface area contributed by atoms with Crippen molar-refractivity contribution in [3.63, 3.8) is 0 Å². The number of hydrogen-bond donors (Lipinski definition) is 1. The second kappa shape index (κ2) is 8.03. The maximum atomic E-state index is 13.1. The molecular weight excluding hydrogens is 321 g/mol. The van der Waals surface area contributed by atoms with Crippen LogP contribution in [-0.2, 0) is 6.42 Å². The van der Waals surface area contributed by atoms with Gasteiger partial charge in [-0.15, -0.1) is 0 Å². The van der Waals surface area contributed by atoms with Crippen LogP contribution < -0.4 is 9.64 Å². The summed E-state index contributed by atoms with van der Waals surface area (Å²) in [7, 11) is 5.35. The Balaban J connectivity index is 2.36. The number of halogens is 1.